The van der Waals surface area contributed by atoms with E-state index in [0.717, 1.165) is 27.3 Å². The Kier molecular flexibility index (Phi) is 4.96. The lowest BCUT2D eigenvalue weighted by Crippen LogP contribution is -1.91. The van der Waals surface area contributed by atoms with Gasteiger partial charge in [0, 0.05) is 11.4 Å². The zero-order valence-electron chi connectivity index (χ0n) is 14.0. The molecule has 0 saturated carbocycles. The predicted octanol–water partition coefficient (Wildman–Crippen LogP) is 5.27. The molecular weight excluding hydrogens is 479 g/mol. The van der Waals surface area contributed by atoms with Crippen LogP contribution in [0.3, 0.4) is 0 Å². The topological polar surface area (TPSA) is 34.6 Å². The maximum atomic E-state index is 4.43. The van der Waals surface area contributed by atoms with Crippen LogP contribution in [0.4, 0.5) is 0 Å². The smallest absolute Gasteiger partial charge is 0.138 e. The molecule has 4 heterocycles. The van der Waals surface area contributed by atoms with E-state index in [1.165, 1.54) is 15.1 Å². The van der Waals surface area contributed by atoms with Gasteiger partial charge in [-0.15, -0.1) is 0 Å². The number of pyridine rings is 2. The number of hydrogen-bond donors (Lipinski definition) is 0. The van der Waals surface area contributed by atoms with E-state index in [0.29, 0.717) is 0 Å². The molecule has 4 aromatic heterocycles. The zero-order chi connectivity index (χ0) is 17.4. The van der Waals surface area contributed by atoms with E-state index in [1.54, 1.807) is 0 Å². The molecule has 0 spiro atoms. The first-order valence-electron chi connectivity index (χ1n) is 7.60. The van der Waals surface area contributed by atoms with Crippen LogP contribution in [0.2, 0.25) is 0 Å². The molecule has 0 aliphatic heterocycles. The molecule has 0 aliphatic rings. The van der Waals surface area contributed by atoms with Gasteiger partial charge in [-0.2, -0.15) is 0 Å². The summed E-state index contributed by atoms with van der Waals surface area (Å²) in [5.41, 5.74) is 6.65. The number of aryl methyl sites for hydroxylation is 4. The van der Waals surface area contributed by atoms with Gasteiger partial charge in [0.05, 0.1) is 16.0 Å². The van der Waals surface area contributed by atoms with Gasteiger partial charge in [-0.1, -0.05) is 12.1 Å². The lowest BCUT2D eigenvalue weighted by molar-refractivity contribution is 1.06. The Morgan fingerprint density at radius 3 is 2.04 bits per heavy atom. The molecule has 0 saturated heterocycles. The highest BCUT2D eigenvalue weighted by Gasteiger charge is 2.06. The molecule has 0 aliphatic carbocycles. The molecule has 0 amide bonds. The van der Waals surface area contributed by atoms with Crippen LogP contribution in [-0.4, -0.2) is 18.8 Å². The van der Waals surface area contributed by atoms with E-state index in [1.807, 2.05) is 44.2 Å². The van der Waals surface area contributed by atoms with Gasteiger partial charge < -0.3 is 0 Å². The molecule has 4 rings (SSSR count). The summed E-state index contributed by atoms with van der Waals surface area (Å²) in [6.07, 6.45) is 0. The van der Waals surface area contributed by atoms with Crippen LogP contribution in [-0.2, 0) is 0 Å². The number of imidazole rings is 2. The van der Waals surface area contributed by atoms with Crippen molar-refractivity contribution in [2.45, 2.75) is 27.7 Å². The second kappa shape index (κ2) is 6.84. The van der Waals surface area contributed by atoms with Crippen molar-refractivity contribution in [1.82, 2.24) is 18.8 Å². The normalized spacial score (nSPS) is 10.9. The Bertz CT molecular complexity index is 949. The van der Waals surface area contributed by atoms with Crippen molar-refractivity contribution in [1.29, 1.82) is 0 Å². The summed E-state index contributed by atoms with van der Waals surface area (Å²) >= 11 is 5.81. The molecule has 0 fully saturated rings. The summed E-state index contributed by atoms with van der Waals surface area (Å²) in [7, 11) is 0. The van der Waals surface area contributed by atoms with Crippen LogP contribution in [0.1, 0.15) is 22.8 Å². The summed E-state index contributed by atoms with van der Waals surface area (Å²) in [6, 6.07) is 12.2. The number of hydrogen-bond acceptors (Lipinski definition) is 2. The standard InChI is InChI=1S/C9H9BrN2.C9H9IN2/c1-6-7(2)12-8(10)4-3-5-9(12)11-6;1-6-4-3-5-8-11-7(2)9(10)12(6)8/h2*3-5H,1-2H3. The van der Waals surface area contributed by atoms with E-state index in [4.69, 9.17) is 0 Å². The van der Waals surface area contributed by atoms with Crippen LogP contribution in [0, 0.1) is 31.4 Å². The Labute approximate surface area is 163 Å². The van der Waals surface area contributed by atoms with Gasteiger partial charge in [-0.25, -0.2) is 9.97 Å². The third kappa shape index (κ3) is 3.09. The van der Waals surface area contributed by atoms with Crippen molar-refractivity contribution in [2.75, 3.05) is 0 Å². The highest BCUT2D eigenvalue weighted by atomic mass is 127. The Morgan fingerprint density at radius 2 is 1.42 bits per heavy atom. The molecule has 124 valence electrons. The van der Waals surface area contributed by atoms with Crippen LogP contribution >= 0.6 is 38.5 Å². The van der Waals surface area contributed by atoms with Gasteiger partial charge in [-0.05, 0) is 90.5 Å². The molecule has 4 nitrogen and oxygen atoms in total. The molecule has 24 heavy (non-hydrogen) atoms. The fourth-order valence-corrected chi connectivity index (χ4v) is 3.98. The average Bonchev–Trinajstić information content (AvgIpc) is 2.99. The zero-order valence-corrected chi connectivity index (χ0v) is 17.8. The molecule has 4 aromatic rings. The van der Waals surface area contributed by atoms with Gasteiger partial charge in [0.25, 0.3) is 0 Å². The van der Waals surface area contributed by atoms with E-state index in [9.17, 15) is 0 Å². The first-order valence-corrected chi connectivity index (χ1v) is 9.47. The molecule has 0 aromatic carbocycles. The van der Waals surface area contributed by atoms with Gasteiger partial charge in [-0.3, -0.25) is 8.80 Å². The number of rotatable bonds is 0. The number of aromatic nitrogens is 4. The van der Waals surface area contributed by atoms with Crippen LogP contribution < -0.4 is 0 Å². The minimum Gasteiger partial charge on any atom is -0.292 e. The van der Waals surface area contributed by atoms with E-state index < -0.39 is 0 Å². The number of nitrogens with zero attached hydrogens (tertiary/aromatic N) is 4. The Morgan fingerprint density at radius 1 is 0.833 bits per heavy atom. The average molecular weight is 497 g/mol. The minimum atomic E-state index is 0.999. The maximum absolute atomic E-state index is 4.43. The molecule has 0 unspecified atom stereocenters. The second-order valence-electron chi connectivity index (χ2n) is 5.67. The largest absolute Gasteiger partial charge is 0.292 e. The lowest BCUT2D eigenvalue weighted by atomic mass is 10.4. The second-order valence-corrected chi connectivity index (χ2v) is 7.51. The van der Waals surface area contributed by atoms with Crippen molar-refractivity contribution in [3.63, 3.8) is 0 Å². The quantitative estimate of drug-likeness (QED) is 0.245. The van der Waals surface area contributed by atoms with Crippen molar-refractivity contribution >= 4 is 49.8 Å². The molecule has 0 atom stereocenters. The van der Waals surface area contributed by atoms with Gasteiger partial charge >= 0.3 is 0 Å². The van der Waals surface area contributed by atoms with Gasteiger partial charge in [0.2, 0.25) is 0 Å². The van der Waals surface area contributed by atoms with Crippen molar-refractivity contribution < 1.29 is 0 Å². The summed E-state index contributed by atoms with van der Waals surface area (Å²) < 4.78 is 6.52. The van der Waals surface area contributed by atoms with Crippen LogP contribution in [0.5, 0.6) is 0 Å². The molecular formula is C18H18BrIN4. The van der Waals surface area contributed by atoms with Crippen molar-refractivity contribution in [3.8, 4) is 0 Å². The first kappa shape index (κ1) is 17.4. The number of halogens is 2. The Balaban J connectivity index is 0.000000141. The highest BCUT2D eigenvalue weighted by molar-refractivity contribution is 14.1. The summed E-state index contributed by atoms with van der Waals surface area (Å²) in [4.78, 5) is 8.84. The summed E-state index contributed by atoms with van der Waals surface area (Å²) in [5.74, 6) is 0. The summed E-state index contributed by atoms with van der Waals surface area (Å²) in [6.45, 7) is 8.22. The summed E-state index contributed by atoms with van der Waals surface area (Å²) in [5, 5.41) is 0. The first-order chi connectivity index (χ1) is 11.4. The van der Waals surface area contributed by atoms with Crippen molar-refractivity contribution in [3.05, 3.63) is 67.5 Å². The van der Waals surface area contributed by atoms with E-state index >= 15 is 0 Å². The Hall–Kier alpha value is -1.41. The fraction of sp³-hybridized carbons (Fsp3) is 0.222. The molecule has 0 bridgehead atoms. The highest BCUT2D eigenvalue weighted by Crippen LogP contribution is 2.18. The number of fused-ring (bicyclic) bond motifs is 2. The molecule has 6 heteroatoms. The third-order valence-corrected chi connectivity index (χ3v) is 5.89. The predicted molar refractivity (Wildman–Crippen MR) is 110 cm³/mol. The van der Waals surface area contributed by atoms with Gasteiger partial charge in [0.15, 0.2) is 0 Å². The monoisotopic (exact) mass is 496 g/mol. The fourth-order valence-electron chi connectivity index (χ4n) is 2.63. The molecule has 0 N–H and O–H groups in total. The van der Waals surface area contributed by atoms with Crippen LogP contribution in [0.25, 0.3) is 11.3 Å². The minimum absolute atomic E-state index is 0.999. The lowest BCUT2D eigenvalue weighted by Gasteiger charge is -1.98. The third-order valence-electron chi connectivity index (χ3n) is 4.00. The SMILES string of the molecule is Cc1nc2cccc(Br)n2c1C.Cc1nc2cccc(C)n2c1I. The van der Waals surface area contributed by atoms with E-state index in [-0.39, 0.29) is 0 Å². The maximum Gasteiger partial charge on any atom is 0.138 e. The molecule has 0 radical (unpaired) electrons. The van der Waals surface area contributed by atoms with Gasteiger partial charge in [0.1, 0.15) is 15.0 Å². The van der Waals surface area contributed by atoms with Crippen molar-refractivity contribution in [2.24, 2.45) is 0 Å². The van der Waals surface area contributed by atoms with E-state index in [2.05, 4.69) is 77.2 Å². The van der Waals surface area contributed by atoms with Crippen LogP contribution in [0.15, 0.2) is 41.0 Å².